The van der Waals surface area contributed by atoms with Gasteiger partial charge in [-0.2, -0.15) is 10.4 Å². The third-order valence-electron chi connectivity index (χ3n) is 4.90. The Balaban J connectivity index is 1.73. The van der Waals surface area contributed by atoms with Crippen molar-refractivity contribution in [1.29, 1.82) is 5.26 Å². The summed E-state index contributed by atoms with van der Waals surface area (Å²) >= 11 is 0. The summed E-state index contributed by atoms with van der Waals surface area (Å²) in [4.78, 5) is 17.6. The van der Waals surface area contributed by atoms with Crippen LogP contribution in [-0.2, 0) is 6.50 Å². The number of nitrogens with zero attached hydrogens (tertiary/aromatic N) is 5. The summed E-state index contributed by atoms with van der Waals surface area (Å²) in [5.74, 6) is -1.82. The fraction of sp³-hybridized carbons (Fsp3) is 0.273. The van der Waals surface area contributed by atoms with E-state index in [0.29, 0.717) is 4.90 Å². The van der Waals surface area contributed by atoms with Gasteiger partial charge in [0, 0.05) is 28.0 Å². The molecule has 2 aromatic heterocycles. The number of rotatable bonds is 3. The molecule has 0 bridgehead atoms. The molecule has 1 aromatic carbocycles. The zero-order valence-electron chi connectivity index (χ0n) is 22.1. The number of fused-ring (bicyclic) bond motifs is 1. The summed E-state index contributed by atoms with van der Waals surface area (Å²) in [5.41, 5.74) is -3.08. The van der Waals surface area contributed by atoms with Gasteiger partial charge in [0.05, 0.1) is 57.4 Å². The highest BCUT2D eigenvalue weighted by atomic mass is 19.1. The molecular weight excluding hydrogens is 399 g/mol. The van der Waals surface area contributed by atoms with Crippen molar-refractivity contribution in [3.8, 4) is 23.0 Å². The second-order valence-electron chi connectivity index (χ2n) is 7.28. The second-order valence-corrected chi connectivity index (χ2v) is 7.28. The molecule has 2 aliphatic heterocycles. The lowest BCUT2D eigenvalue weighted by Crippen LogP contribution is -2.29. The van der Waals surface area contributed by atoms with Crippen LogP contribution >= 0.6 is 0 Å². The van der Waals surface area contributed by atoms with E-state index in [9.17, 15) is 19.6 Å². The van der Waals surface area contributed by atoms with Crippen molar-refractivity contribution in [3.63, 3.8) is 0 Å². The topological polar surface area (TPSA) is 107 Å². The predicted molar refractivity (Wildman–Crippen MR) is 110 cm³/mol. The first-order chi connectivity index (χ1) is 17.1. The Hall–Kier alpha value is -3.77. The number of pyridine rings is 1. The summed E-state index contributed by atoms with van der Waals surface area (Å²) in [6.07, 6.45) is 0.753. The zero-order chi connectivity index (χ0) is 27.1. The fourth-order valence-electron chi connectivity index (χ4n) is 3.47. The maximum Gasteiger partial charge on any atom is 0.255 e. The van der Waals surface area contributed by atoms with Crippen LogP contribution in [0.1, 0.15) is 43.2 Å². The van der Waals surface area contributed by atoms with Crippen molar-refractivity contribution >= 4 is 11.7 Å². The van der Waals surface area contributed by atoms with Crippen molar-refractivity contribution in [2.45, 2.75) is 25.4 Å². The van der Waals surface area contributed by atoms with Crippen molar-refractivity contribution in [2.24, 2.45) is 0 Å². The molecule has 0 radical (unpaired) electrons. The molecule has 1 amide bonds. The predicted octanol–water partition coefficient (Wildman–Crippen LogP) is 2.15. The van der Waals surface area contributed by atoms with Gasteiger partial charge in [0.25, 0.3) is 5.91 Å². The third-order valence-corrected chi connectivity index (χ3v) is 4.90. The van der Waals surface area contributed by atoms with Crippen LogP contribution in [0.4, 0.5) is 10.2 Å². The molecule has 0 aliphatic carbocycles. The molecule has 1 atom stereocenters. The number of nitriles is 1. The van der Waals surface area contributed by atoms with Gasteiger partial charge in [0.15, 0.2) is 5.82 Å². The summed E-state index contributed by atoms with van der Waals surface area (Å²) in [6, 6.07) is 8.19. The number of carbonyl (C=O) groups is 1. The van der Waals surface area contributed by atoms with Crippen molar-refractivity contribution in [3.05, 3.63) is 59.2 Å². The molecule has 2 aliphatic rings. The number of aliphatic hydroxyl groups is 1. The SMILES string of the molecule is [2H]C1([2H])NC(=O)c2c(-n3ccc(N4C([2H])([2H])CC(C)(O)C4([2H])[2H])n3)cc(-c3c(F)cccc3C#N)nc21. The molecule has 1 fully saturated rings. The molecular formula is C22H19FN6O2. The minimum Gasteiger partial charge on any atom is -0.388 e. The molecule has 2 N–H and O–H groups in total. The molecule has 0 saturated carbocycles. The average Bonchev–Trinajstić information content (AvgIpc) is 3.37. The van der Waals surface area contributed by atoms with E-state index in [1.807, 2.05) is 6.07 Å². The second kappa shape index (κ2) is 6.89. The molecule has 31 heavy (non-hydrogen) atoms. The number of aromatic nitrogens is 3. The molecule has 8 nitrogen and oxygen atoms in total. The minimum atomic E-state index is -2.55. The number of hydrogen-bond donors (Lipinski definition) is 2. The van der Waals surface area contributed by atoms with Crippen molar-refractivity contribution < 1.29 is 22.5 Å². The Morgan fingerprint density at radius 1 is 1.39 bits per heavy atom. The van der Waals surface area contributed by atoms with Crippen LogP contribution in [0, 0.1) is 17.1 Å². The Kier molecular flexibility index (Phi) is 3.00. The van der Waals surface area contributed by atoms with Crippen LogP contribution in [0.25, 0.3) is 16.9 Å². The molecule has 0 spiro atoms. The number of amides is 1. The van der Waals surface area contributed by atoms with Gasteiger partial charge in [-0.05, 0) is 31.5 Å². The van der Waals surface area contributed by atoms with Crippen LogP contribution in [0.3, 0.4) is 0 Å². The lowest BCUT2D eigenvalue weighted by Gasteiger charge is -2.18. The lowest BCUT2D eigenvalue weighted by atomic mass is 10.0. The highest BCUT2D eigenvalue weighted by Crippen LogP contribution is 2.32. The van der Waals surface area contributed by atoms with Gasteiger partial charge in [-0.25, -0.2) is 14.1 Å². The Morgan fingerprint density at radius 3 is 2.97 bits per heavy atom. The number of nitrogens with one attached hydrogen (secondary N) is 1. The standard InChI is InChI=1S/C22H19FN6O2/c1-22(31)6-8-28(12-22)18-5-7-29(27-18)17-9-15(26-16-11-25-21(30)20(16)17)19-13(10-24)3-2-4-14(19)23/h2-5,7,9,31H,6,8,11-12H2,1H3,(H,25,30)/i8D2,11D2,12D2. The number of β-amino-alcohol motifs (C(OH)–C–C–N with tert-alkyl or cyclic N) is 1. The van der Waals surface area contributed by atoms with E-state index in [0.717, 1.165) is 10.7 Å². The van der Waals surface area contributed by atoms with E-state index in [4.69, 9.17) is 8.22 Å². The first-order valence-electron chi connectivity index (χ1n) is 12.3. The smallest absolute Gasteiger partial charge is 0.255 e. The summed E-state index contributed by atoms with van der Waals surface area (Å²) in [5, 5.41) is 26.4. The van der Waals surface area contributed by atoms with Crippen LogP contribution in [0.5, 0.6) is 0 Å². The molecule has 156 valence electrons. The molecule has 5 rings (SSSR count). The van der Waals surface area contributed by atoms with Gasteiger partial charge in [0.1, 0.15) is 5.82 Å². The van der Waals surface area contributed by atoms with Gasteiger partial charge in [-0.3, -0.25) is 4.79 Å². The van der Waals surface area contributed by atoms with Gasteiger partial charge in [0.2, 0.25) is 0 Å². The van der Waals surface area contributed by atoms with E-state index in [1.165, 1.54) is 37.4 Å². The van der Waals surface area contributed by atoms with Gasteiger partial charge >= 0.3 is 0 Å². The number of carbonyl (C=O) groups excluding carboxylic acids is 1. The zero-order valence-corrected chi connectivity index (χ0v) is 16.1. The Morgan fingerprint density at radius 2 is 2.23 bits per heavy atom. The largest absolute Gasteiger partial charge is 0.388 e. The minimum absolute atomic E-state index is 0.0515. The summed E-state index contributed by atoms with van der Waals surface area (Å²) in [6.45, 7) is -6.11. The van der Waals surface area contributed by atoms with Crippen molar-refractivity contribution in [1.82, 2.24) is 20.1 Å². The van der Waals surface area contributed by atoms with Crippen LogP contribution < -0.4 is 10.2 Å². The number of benzene rings is 1. The molecule has 3 aromatic rings. The van der Waals surface area contributed by atoms with Crippen LogP contribution in [-0.4, -0.2) is 44.4 Å². The quantitative estimate of drug-likeness (QED) is 0.667. The van der Waals surface area contributed by atoms with Gasteiger partial charge < -0.3 is 15.3 Å². The average molecular weight is 424 g/mol. The lowest BCUT2D eigenvalue weighted by molar-refractivity contribution is 0.0838. The van der Waals surface area contributed by atoms with Gasteiger partial charge in [-0.15, -0.1) is 0 Å². The van der Waals surface area contributed by atoms with E-state index >= 15 is 0 Å². The molecule has 1 unspecified atom stereocenters. The molecule has 9 heteroatoms. The first-order valence-corrected chi connectivity index (χ1v) is 9.26. The van der Waals surface area contributed by atoms with Crippen LogP contribution in [0.2, 0.25) is 0 Å². The van der Waals surface area contributed by atoms with Crippen molar-refractivity contribution in [2.75, 3.05) is 17.9 Å². The van der Waals surface area contributed by atoms with E-state index in [1.54, 1.807) is 0 Å². The Labute approximate surface area is 186 Å². The van der Waals surface area contributed by atoms with E-state index in [-0.39, 0.29) is 39.6 Å². The van der Waals surface area contributed by atoms with E-state index < -0.39 is 43.2 Å². The normalized spacial score (nSPS) is 27.7. The Bertz CT molecular complexity index is 1520. The summed E-state index contributed by atoms with van der Waals surface area (Å²) < 4.78 is 65.5. The highest BCUT2D eigenvalue weighted by Gasteiger charge is 2.33. The fourth-order valence-corrected chi connectivity index (χ4v) is 3.47. The first kappa shape index (κ1) is 13.5. The van der Waals surface area contributed by atoms with Crippen LogP contribution in [0.15, 0.2) is 36.5 Å². The van der Waals surface area contributed by atoms with Gasteiger partial charge in [-0.1, -0.05) is 6.07 Å². The molecule has 1 saturated heterocycles. The van der Waals surface area contributed by atoms with E-state index in [2.05, 4.69) is 15.4 Å². The monoisotopic (exact) mass is 424 g/mol. The maximum absolute atomic E-state index is 14.8. The number of halogens is 1. The highest BCUT2D eigenvalue weighted by molar-refractivity contribution is 6.01. The summed E-state index contributed by atoms with van der Waals surface area (Å²) in [7, 11) is 0. The number of hydrogen-bond acceptors (Lipinski definition) is 6. The number of anilines is 1. The third kappa shape index (κ3) is 3.21. The maximum atomic E-state index is 14.8. The molecule has 4 heterocycles.